The number of fused-ring (bicyclic) bond motifs is 3. The summed E-state index contributed by atoms with van der Waals surface area (Å²) in [5, 5.41) is 48.4. The molecule has 2 N–H and O–H groups in total. The number of aliphatic hydroxyl groups excluding tert-OH is 2. The molecule has 4 aliphatic rings. The van der Waals surface area contributed by atoms with Crippen molar-refractivity contribution in [2.75, 3.05) is 26.6 Å². The van der Waals surface area contributed by atoms with Crippen molar-refractivity contribution in [3.8, 4) is 39.9 Å². The summed E-state index contributed by atoms with van der Waals surface area (Å²) in [5.74, 6) is -0.470. The van der Waals surface area contributed by atoms with E-state index in [0.29, 0.717) is 76.8 Å². The molecule has 2 heterocycles. The van der Waals surface area contributed by atoms with Crippen molar-refractivity contribution in [1.82, 2.24) is 4.90 Å². The number of carbonyl (C=O) groups is 1. The fraction of sp³-hybridized carbons (Fsp3) is 0.302. The SMILES string of the molecule is C=CCO[C@@]12Oc3ccc(Oc4ccc(-c5ccccc5)cc4)cc3[C@H]3[C@H](CCCCO)[C@@H](CCCCO)C=C(C(=NOCc4ccc([N+](=O)[O-])cc4)C[C@@H]1N(Cc1ccc4c(c1)OCO4)C(=O)C=Cc1ccc([N+](=O)[O-])cc1)[C@H]32. The first kappa shape index (κ1) is 54.7. The highest BCUT2D eigenvalue weighted by Crippen LogP contribution is 2.62. The molecule has 80 heavy (non-hydrogen) atoms. The van der Waals surface area contributed by atoms with Gasteiger partial charge in [0.15, 0.2) is 11.5 Å². The Kier molecular flexibility index (Phi) is 17.1. The molecular formula is C63H62N4O13. The first-order valence-electron chi connectivity index (χ1n) is 26.9. The van der Waals surface area contributed by atoms with Crippen LogP contribution in [0.2, 0.25) is 0 Å². The lowest BCUT2D eigenvalue weighted by Crippen LogP contribution is -2.70. The number of hydrogen-bond acceptors (Lipinski definition) is 14. The van der Waals surface area contributed by atoms with Crippen LogP contribution in [0.25, 0.3) is 17.2 Å². The highest BCUT2D eigenvalue weighted by Gasteiger charge is 2.65. The number of amides is 1. The van der Waals surface area contributed by atoms with Crippen molar-refractivity contribution in [3.63, 3.8) is 0 Å². The highest BCUT2D eigenvalue weighted by atomic mass is 16.7. The van der Waals surface area contributed by atoms with Crippen LogP contribution in [-0.4, -0.2) is 75.0 Å². The number of hydrogen-bond donors (Lipinski definition) is 2. The molecule has 0 spiro atoms. The minimum absolute atomic E-state index is 0.0134. The zero-order chi connectivity index (χ0) is 55.6. The van der Waals surface area contributed by atoms with Gasteiger partial charge in [0.25, 0.3) is 11.4 Å². The molecule has 0 unspecified atom stereocenters. The molecule has 17 nitrogen and oxygen atoms in total. The van der Waals surface area contributed by atoms with E-state index in [0.717, 1.165) is 35.1 Å². The molecule has 1 saturated carbocycles. The van der Waals surface area contributed by atoms with Gasteiger partial charge in [0.1, 0.15) is 29.9 Å². The monoisotopic (exact) mass is 1080 g/mol. The standard InChI is InChI=1S/C63H62N4O13/c1-2-34-77-63-59(65(39-44-18-29-57-58(35-44)76-41-75-57)60(70)31-19-42-14-22-48(23-15-42)66(71)72)38-55(64-78-40-43-16-24-49(25-17-43)67(73)74)53-36-47(12-6-8-32-68)52(13-7-9-33-69)61(62(53)63)54-37-51(28-30-56(54)80-63)79-50-26-20-46(21-27-50)45-10-4-3-5-11-45/h2-5,10-11,14-31,35-37,47,52,59,61-62,68-69H,1,6-9,12-13,32-34,38-41H2/t47-,52+,59-,61+,62+,63+/m0/s1. The summed E-state index contributed by atoms with van der Waals surface area (Å²) in [6.45, 7) is 4.18. The van der Waals surface area contributed by atoms with E-state index in [1.165, 1.54) is 30.3 Å². The maximum Gasteiger partial charge on any atom is 0.269 e. The molecule has 2 aliphatic heterocycles. The van der Waals surface area contributed by atoms with Crippen molar-refractivity contribution < 1.29 is 53.4 Å². The Balaban J connectivity index is 1.14. The zero-order valence-electron chi connectivity index (χ0n) is 44.0. The van der Waals surface area contributed by atoms with E-state index in [1.807, 2.05) is 72.8 Å². The van der Waals surface area contributed by atoms with E-state index < -0.39 is 33.5 Å². The van der Waals surface area contributed by atoms with Gasteiger partial charge in [-0.15, -0.1) is 6.58 Å². The number of carbonyl (C=O) groups excluding carboxylic acids is 1. The van der Waals surface area contributed by atoms with Crippen molar-refractivity contribution in [1.29, 1.82) is 0 Å². The number of ether oxygens (including phenoxy) is 5. The zero-order valence-corrected chi connectivity index (χ0v) is 44.0. The van der Waals surface area contributed by atoms with Gasteiger partial charge in [-0.3, -0.25) is 25.0 Å². The number of oxime groups is 1. The molecule has 1 fully saturated rings. The molecule has 0 bridgehead atoms. The molecule has 0 aromatic heterocycles. The summed E-state index contributed by atoms with van der Waals surface area (Å²) in [4.78, 5) is 45.6. The molecule has 1 amide bonds. The number of benzene rings is 6. The van der Waals surface area contributed by atoms with E-state index in [-0.39, 0.29) is 75.3 Å². The van der Waals surface area contributed by atoms with Crippen LogP contribution in [0, 0.1) is 38.0 Å². The third kappa shape index (κ3) is 12.0. The third-order valence-electron chi connectivity index (χ3n) is 15.4. The molecule has 412 valence electrons. The Bertz CT molecular complexity index is 3270. The summed E-state index contributed by atoms with van der Waals surface area (Å²) in [6.07, 6.45) is 11.0. The summed E-state index contributed by atoms with van der Waals surface area (Å²) in [6, 6.07) is 40.3. The second-order valence-electron chi connectivity index (χ2n) is 20.3. The van der Waals surface area contributed by atoms with Crippen LogP contribution < -0.4 is 18.9 Å². The Morgan fingerprint density at radius 1 is 0.762 bits per heavy atom. The number of non-ortho nitro benzene ring substituents is 2. The normalized spacial score (nSPS) is 20.9. The van der Waals surface area contributed by atoms with Crippen LogP contribution in [0.3, 0.4) is 0 Å². The quantitative estimate of drug-likeness (QED) is 0.0190. The number of aliphatic hydroxyl groups is 2. The van der Waals surface area contributed by atoms with Gasteiger partial charge in [-0.2, -0.15) is 0 Å². The highest BCUT2D eigenvalue weighted by molar-refractivity contribution is 6.03. The van der Waals surface area contributed by atoms with E-state index >= 15 is 4.79 Å². The largest absolute Gasteiger partial charge is 0.459 e. The first-order chi connectivity index (χ1) is 39.0. The number of nitro groups is 2. The van der Waals surface area contributed by atoms with Crippen molar-refractivity contribution in [3.05, 3.63) is 212 Å². The fourth-order valence-electron chi connectivity index (χ4n) is 11.6. The smallest absolute Gasteiger partial charge is 0.269 e. The molecule has 6 atom stereocenters. The summed E-state index contributed by atoms with van der Waals surface area (Å²) >= 11 is 0. The number of allylic oxidation sites excluding steroid dienone is 1. The lowest BCUT2D eigenvalue weighted by Gasteiger charge is -2.60. The topological polar surface area (TPSA) is 215 Å². The average molecular weight is 1080 g/mol. The van der Waals surface area contributed by atoms with Gasteiger partial charge in [0.2, 0.25) is 18.5 Å². The minimum atomic E-state index is -1.64. The van der Waals surface area contributed by atoms with Crippen LogP contribution in [0.15, 0.2) is 175 Å². The molecule has 17 heteroatoms. The van der Waals surface area contributed by atoms with Crippen LogP contribution in [-0.2, 0) is 27.5 Å². The van der Waals surface area contributed by atoms with Crippen LogP contribution in [0.5, 0.6) is 28.7 Å². The van der Waals surface area contributed by atoms with Gasteiger partial charge in [-0.25, -0.2) is 0 Å². The van der Waals surface area contributed by atoms with E-state index in [2.05, 4.69) is 24.8 Å². The van der Waals surface area contributed by atoms with Gasteiger partial charge in [-0.05, 0) is 144 Å². The molecule has 2 aliphatic carbocycles. The molecule has 0 saturated heterocycles. The second kappa shape index (κ2) is 25.0. The van der Waals surface area contributed by atoms with Gasteiger partial charge in [-0.1, -0.05) is 78.7 Å². The number of nitrogens with zero attached hydrogens (tertiary/aromatic N) is 4. The Labute approximate surface area is 463 Å². The Morgan fingerprint density at radius 2 is 1.43 bits per heavy atom. The van der Waals surface area contributed by atoms with Crippen LogP contribution in [0.1, 0.15) is 73.1 Å². The number of unbranched alkanes of at least 4 members (excludes halogenated alkanes) is 2. The predicted molar refractivity (Wildman–Crippen MR) is 300 cm³/mol. The Hall–Kier alpha value is -8.64. The van der Waals surface area contributed by atoms with E-state index in [1.54, 1.807) is 47.4 Å². The second-order valence-corrected chi connectivity index (χ2v) is 20.3. The summed E-state index contributed by atoms with van der Waals surface area (Å²) in [7, 11) is 0. The van der Waals surface area contributed by atoms with Crippen molar-refractivity contribution in [2.24, 2.45) is 22.9 Å². The van der Waals surface area contributed by atoms with E-state index in [9.17, 15) is 30.4 Å². The first-order valence-corrected chi connectivity index (χ1v) is 26.9. The molecule has 6 aromatic rings. The van der Waals surface area contributed by atoms with E-state index in [4.69, 9.17) is 33.7 Å². The summed E-state index contributed by atoms with van der Waals surface area (Å²) < 4.78 is 33.0. The predicted octanol–water partition coefficient (Wildman–Crippen LogP) is 12.3. The fourth-order valence-corrected chi connectivity index (χ4v) is 11.6. The van der Waals surface area contributed by atoms with Gasteiger partial charge in [0.05, 0.1) is 28.1 Å². The number of rotatable bonds is 24. The Morgan fingerprint density at radius 3 is 2.14 bits per heavy atom. The maximum atomic E-state index is 15.5. The minimum Gasteiger partial charge on any atom is -0.459 e. The lowest BCUT2D eigenvalue weighted by atomic mass is 9.55. The van der Waals surface area contributed by atoms with Crippen LogP contribution in [0.4, 0.5) is 11.4 Å². The summed E-state index contributed by atoms with van der Waals surface area (Å²) in [5.41, 5.74) is 6.07. The average Bonchev–Trinajstić information content (AvgIpc) is 3.93. The lowest BCUT2D eigenvalue weighted by molar-refractivity contribution is -0.385. The molecule has 0 radical (unpaired) electrons. The van der Waals surface area contributed by atoms with Crippen LogP contribution >= 0.6 is 0 Å². The maximum absolute atomic E-state index is 15.5. The third-order valence-corrected chi connectivity index (χ3v) is 15.4. The van der Waals surface area contributed by atoms with Crippen molar-refractivity contribution in [2.45, 2.75) is 75.8 Å². The molecule has 10 rings (SSSR count). The van der Waals surface area contributed by atoms with Gasteiger partial charge >= 0.3 is 0 Å². The molecule has 6 aromatic carbocycles. The van der Waals surface area contributed by atoms with Gasteiger partial charge < -0.3 is 43.6 Å². The van der Waals surface area contributed by atoms with Gasteiger partial charge in [0, 0.05) is 68.0 Å². The molecular weight excluding hydrogens is 1020 g/mol. The van der Waals surface area contributed by atoms with Crippen molar-refractivity contribution >= 4 is 29.1 Å². The number of nitro benzene ring substituents is 2.